The van der Waals surface area contributed by atoms with Gasteiger partial charge >= 0.3 is 0 Å². The predicted molar refractivity (Wildman–Crippen MR) is 113 cm³/mol. The Hall–Kier alpha value is -3.10. The van der Waals surface area contributed by atoms with Gasteiger partial charge in [-0.25, -0.2) is 19.6 Å². The van der Waals surface area contributed by atoms with E-state index in [1.807, 2.05) is 28.9 Å². The van der Waals surface area contributed by atoms with Crippen molar-refractivity contribution in [3.05, 3.63) is 54.9 Å². The molecule has 0 amide bonds. The van der Waals surface area contributed by atoms with Crippen molar-refractivity contribution in [3.63, 3.8) is 0 Å². The van der Waals surface area contributed by atoms with Crippen LogP contribution in [-0.4, -0.2) is 57.5 Å². The smallest absolute Gasteiger partial charge is 0.221 e. The highest BCUT2D eigenvalue weighted by molar-refractivity contribution is 7.61. The third-order valence-electron chi connectivity index (χ3n) is 4.50. The molecule has 0 aliphatic rings. The van der Waals surface area contributed by atoms with Gasteiger partial charge in [-0.2, -0.15) is 5.10 Å². The van der Waals surface area contributed by atoms with Gasteiger partial charge in [-0.1, -0.05) is 22.9 Å². The number of hydrogen-bond donors (Lipinski definition) is 0. The first-order valence-electron chi connectivity index (χ1n) is 9.09. The van der Waals surface area contributed by atoms with Crippen molar-refractivity contribution in [2.45, 2.75) is 11.8 Å². The second-order valence-electron chi connectivity index (χ2n) is 7.41. The van der Waals surface area contributed by atoms with Crippen LogP contribution in [0.3, 0.4) is 0 Å². The molecule has 1 atom stereocenters. The maximum Gasteiger partial charge on any atom is 0.221 e. The van der Waals surface area contributed by atoms with Crippen molar-refractivity contribution >= 4 is 35.7 Å². The lowest BCUT2D eigenvalue weighted by Gasteiger charge is -2.11. The Balaban J connectivity index is 1.52. The van der Waals surface area contributed by atoms with Gasteiger partial charge in [-0.3, -0.25) is 4.68 Å². The zero-order chi connectivity index (χ0) is 20.9. The zero-order valence-electron chi connectivity index (χ0n) is 16.2. The van der Waals surface area contributed by atoms with E-state index in [0.717, 1.165) is 16.8 Å². The molecule has 5 rings (SSSR count). The Morgan fingerprint density at radius 3 is 2.87 bits per heavy atom. The summed E-state index contributed by atoms with van der Waals surface area (Å²) in [6.07, 6.45) is 10.9. The molecular formula is C18H17ClN9OP. The topological polar surface area (TPSA) is 109 Å². The van der Waals surface area contributed by atoms with Gasteiger partial charge in [0, 0.05) is 35.9 Å². The summed E-state index contributed by atoms with van der Waals surface area (Å²) in [5.74, 6) is 0. The molecule has 0 spiro atoms. The van der Waals surface area contributed by atoms with E-state index in [2.05, 4.69) is 30.4 Å². The molecule has 5 heterocycles. The fourth-order valence-electron chi connectivity index (χ4n) is 3.16. The van der Waals surface area contributed by atoms with Crippen LogP contribution in [0.25, 0.3) is 28.2 Å². The second-order valence-corrected chi connectivity index (χ2v) is 11.3. The predicted octanol–water partition coefficient (Wildman–Crippen LogP) is 3.10. The number of halogens is 1. The Morgan fingerprint density at radius 1 is 1.17 bits per heavy atom. The van der Waals surface area contributed by atoms with Crippen LogP contribution in [0.15, 0.2) is 49.3 Å². The van der Waals surface area contributed by atoms with Gasteiger partial charge in [-0.05, 0) is 19.4 Å². The Kier molecular flexibility index (Phi) is 4.41. The number of rotatable bonds is 5. The highest BCUT2D eigenvalue weighted by atomic mass is 35.5. The molecule has 152 valence electrons. The van der Waals surface area contributed by atoms with Crippen LogP contribution in [0, 0.1) is 0 Å². The third-order valence-corrected chi connectivity index (χ3v) is 5.91. The lowest BCUT2D eigenvalue weighted by atomic mass is 10.2. The van der Waals surface area contributed by atoms with Crippen LogP contribution < -0.4 is 0 Å². The van der Waals surface area contributed by atoms with Gasteiger partial charge in [0.25, 0.3) is 0 Å². The largest absolute Gasteiger partial charge is 0.322 e. The minimum absolute atomic E-state index is 0.364. The van der Waals surface area contributed by atoms with Gasteiger partial charge in [0.2, 0.25) is 5.65 Å². The molecule has 0 radical (unpaired) electrons. The average molecular weight is 442 g/mol. The van der Waals surface area contributed by atoms with Crippen LogP contribution >= 0.6 is 18.7 Å². The summed E-state index contributed by atoms with van der Waals surface area (Å²) in [7, 11) is -2.25. The van der Waals surface area contributed by atoms with E-state index in [1.165, 1.54) is 4.68 Å². The first kappa shape index (κ1) is 18.9. The number of pyridine rings is 1. The molecule has 0 aliphatic heterocycles. The van der Waals surface area contributed by atoms with Crippen molar-refractivity contribution in [2.75, 3.05) is 13.3 Å². The van der Waals surface area contributed by atoms with E-state index < -0.39 is 12.6 Å². The monoisotopic (exact) mass is 441 g/mol. The van der Waals surface area contributed by atoms with E-state index in [-0.39, 0.29) is 0 Å². The van der Waals surface area contributed by atoms with E-state index in [1.54, 1.807) is 42.8 Å². The van der Waals surface area contributed by atoms with Crippen LogP contribution in [0.4, 0.5) is 0 Å². The van der Waals surface area contributed by atoms with Gasteiger partial charge < -0.3 is 8.97 Å². The maximum atomic E-state index is 12.1. The highest BCUT2D eigenvalue weighted by Crippen LogP contribution is 2.37. The van der Waals surface area contributed by atoms with Crippen molar-refractivity contribution in [2.24, 2.45) is 0 Å². The first-order valence-corrected chi connectivity index (χ1v) is 12.3. The third kappa shape index (κ3) is 3.48. The summed E-state index contributed by atoms with van der Waals surface area (Å²) in [5, 5.41) is 12.5. The van der Waals surface area contributed by atoms with Crippen molar-refractivity contribution < 1.29 is 4.57 Å². The van der Waals surface area contributed by atoms with E-state index in [9.17, 15) is 4.57 Å². The number of alkyl halides is 1. The fraction of sp³-hybridized carbons (Fsp3) is 0.222. The van der Waals surface area contributed by atoms with Crippen molar-refractivity contribution in [1.29, 1.82) is 0 Å². The minimum Gasteiger partial charge on any atom is -0.322 e. The molecule has 1 unspecified atom stereocenters. The molecule has 0 fully saturated rings. The molecule has 0 saturated carbocycles. The summed E-state index contributed by atoms with van der Waals surface area (Å²) < 4.78 is 17.1. The minimum atomic E-state index is -2.25. The van der Waals surface area contributed by atoms with Gasteiger partial charge in [0.1, 0.15) is 12.8 Å². The van der Waals surface area contributed by atoms with Crippen LogP contribution in [0.2, 0.25) is 0 Å². The zero-order valence-corrected chi connectivity index (χ0v) is 17.8. The number of nitrogens with zero attached hydrogens (tertiary/aromatic N) is 9. The fourth-order valence-corrected chi connectivity index (χ4v) is 4.28. The van der Waals surface area contributed by atoms with E-state index in [4.69, 9.17) is 11.6 Å². The Morgan fingerprint density at radius 2 is 2.03 bits per heavy atom. The highest BCUT2D eigenvalue weighted by Gasteiger charge is 2.19. The molecule has 0 bridgehead atoms. The number of aromatic nitrogens is 9. The van der Waals surface area contributed by atoms with Crippen LogP contribution in [-0.2, 0) is 10.9 Å². The maximum absolute atomic E-state index is 12.1. The summed E-state index contributed by atoms with van der Waals surface area (Å²) in [4.78, 5) is 13.3. The van der Waals surface area contributed by atoms with Crippen molar-refractivity contribution in [1.82, 2.24) is 44.1 Å². The molecule has 0 N–H and O–H groups in total. The molecule has 10 nitrogen and oxygen atoms in total. The lowest BCUT2D eigenvalue weighted by Crippen LogP contribution is -2.08. The van der Waals surface area contributed by atoms with Gasteiger partial charge in [0.15, 0.2) is 11.1 Å². The van der Waals surface area contributed by atoms with E-state index >= 15 is 0 Å². The summed E-state index contributed by atoms with van der Waals surface area (Å²) in [5.41, 5.74) is 3.24. The summed E-state index contributed by atoms with van der Waals surface area (Å²) in [6, 6.07) is 3.78. The molecule has 0 saturated heterocycles. The summed E-state index contributed by atoms with van der Waals surface area (Å²) in [6.45, 7) is 3.46. The quantitative estimate of drug-likeness (QED) is 0.304. The molecule has 0 aromatic carbocycles. The molecule has 12 heteroatoms. The summed E-state index contributed by atoms with van der Waals surface area (Å²) >= 11 is 6.71. The first-order chi connectivity index (χ1) is 14.4. The van der Waals surface area contributed by atoms with Crippen LogP contribution in [0.5, 0.6) is 0 Å². The van der Waals surface area contributed by atoms with E-state index in [0.29, 0.717) is 23.3 Å². The molecule has 5 aromatic heterocycles. The SMILES string of the molecule is CP(C)(=O)Cn1cc(-c2cnc3nnn(C(Cl)c4ccc5nccn5c4)c3n2)cn1. The number of imidazole rings is 1. The Bertz CT molecular complexity index is 1420. The number of fused-ring (bicyclic) bond motifs is 2. The lowest BCUT2D eigenvalue weighted by molar-refractivity contribution is 0.569. The molecule has 30 heavy (non-hydrogen) atoms. The van der Waals surface area contributed by atoms with Crippen LogP contribution in [0.1, 0.15) is 11.1 Å². The molecule has 5 aromatic rings. The van der Waals surface area contributed by atoms with Gasteiger partial charge in [-0.15, -0.1) is 5.10 Å². The Labute approximate surface area is 175 Å². The molecule has 0 aliphatic carbocycles. The number of hydrogen-bond acceptors (Lipinski definition) is 7. The normalized spacial score (nSPS) is 13.3. The standard InChI is InChI=1S/C18H17ClN9OP/c1-30(2,29)11-27-10-13(7-22-27)14-8-21-17-18(23-14)28(25-24-17)16(19)12-3-4-15-20-5-6-26(15)9-12/h3-10,16H,11H2,1-2H3. The van der Waals surface area contributed by atoms with Gasteiger partial charge in [0.05, 0.1) is 24.4 Å². The molecular weight excluding hydrogens is 425 g/mol. The second kappa shape index (κ2) is 7.00. The average Bonchev–Trinajstić information content (AvgIpc) is 3.44. The van der Waals surface area contributed by atoms with Crippen molar-refractivity contribution in [3.8, 4) is 11.3 Å².